The summed E-state index contributed by atoms with van der Waals surface area (Å²) in [6.07, 6.45) is 0. The second-order valence-electron chi connectivity index (χ2n) is 5.36. The van der Waals surface area contributed by atoms with Crippen LogP contribution in [0, 0.1) is 20.8 Å². The highest BCUT2D eigenvalue weighted by Gasteiger charge is 2.10. The first-order valence-electron chi connectivity index (χ1n) is 7.46. The van der Waals surface area contributed by atoms with Crippen molar-refractivity contribution in [1.29, 1.82) is 0 Å². The van der Waals surface area contributed by atoms with Gasteiger partial charge in [0, 0.05) is 25.4 Å². The molecule has 2 N–H and O–H groups in total. The Bertz CT molecular complexity index is 701. The fraction of sp³-hybridized carbons (Fsp3) is 0.353. The van der Waals surface area contributed by atoms with Crippen molar-refractivity contribution in [2.45, 2.75) is 20.8 Å². The fourth-order valence-corrected chi connectivity index (χ4v) is 2.07. The van der Waals surface area contributed by atoms with E-state index in [0.717, 1.165) is 5.69 Å². The van der Waals surface area contributed by atoms with Crippen LogP contribution in [0.5, 0.6) is 0 Å². The van der Waals surface area contributed by atoms with Crippen molar-refractivity contribution >= 4 is 17.4 Å². The number of carbonyl (C=O) groups is 1. The number of aromatic nitrogens is 2. The number of carbonyl (C=O) groups excluding carboxylic acids is 1. The molecule has 0 radical (unpaired) electrons. The van der Waals surface area contributed by atoms with E-state index in [0.29, 0.717) is 30.5 Å². The van der Waals surface area contributed by atoms with Gasteiger partial charge in [0.05, 0.1) is 6.61 Å². The molecule has 1 aromatic carbocycles. The summed E-state index contributed by atoms with van der Waals surface area (Å²) in [5.74, 6) is 0.893. The van der Waals surface area contributed by atoms with E-state index >= 15 is 0 Å². The Morgan fingerprint density at radius 1 is 1.13 bits per heavy atom. The van der Waals surface area contributed by atoms with E-state index in [1.165, 1.54) is 11.1 Å². The highest BCUT2D eigenvalue weighted by molar-refractivity contribution is 5.93. The van der Waals surface area contributed by atoms with Gasteiger partial charge in [0.2, 0.25) is 0 Å². The minimum Gasteiger partial charge on any atom is -0.383 e. The zero-order valence-electron chi connectivity index (χ0n) is 13.9. The van der Waals surface area contributed by atoms with E-state index in [9.17, 15) is 4.79 Å². The number of nitrogens with zero attached hydrogens (tertiary/aromatic N) is 2. The molecule has 0 spiro atoms. The Morgan fingerprint density at radius 2 is 1.91 bits per heavy atom. The molecule has 6 nitrogen and oxygen atoms in total. The van der Waals surface area contributed by atoms with Crippen molar-refractivity contribution < 1.29 is 9.53 Å². The largest absolute Gasteiger partial charge is 0.383 e. The number of anilines is 2. The minimum absolute atomic E-state index is 0.240. The first-order valence-corrected chi connectivity index (χ1v) is 7.46. The summed E-state index contributed by atoms with van der Waals surface area (Å²) in [5.41, 5.74) is 3.68. The summed E-state index contributed by atoms with van der Waals surface area (Å²) in [6.45, 7) is 6.79. The van der Waals surface area contributed by atoms with Crippen LogP contribution in [0.25, 0.3) is 0 Å². The predicted octanol–water partition coefficient (Wildman–Crippen LogP) is 2.52. The number of ether oxygens (including phenoxy) is 1. The standard InChI is InChI=1S/C17H22N4O2/c1-11-5-6-14(9-12(11)2)21-16-10-15(19-13(3)20-16)17(22)18-7-8-23-4/h5-6,9-10H,7-8H2,1-4H3,(H,18,22)(H,19,20,21). The third-order valence-corrected chi connectivity index (χ3v) is 3.44. The third kappa shape index (κ3) is 4.75. The van der Waals surface area contributed by atoms with Gasteiger partial charge in [0.15, 0.2) is 0 Å². The summed E-state index contributed by atoms with van der Waals surface area (Å²) >= 11 is 0. The lowest BCUT2D eigenvalue weighted by molar-refractivity contribution is 0.0932. The van der Waals surface area contributed by atoms with Crippen molar-refractivity contribution in [3.8, 4) is 0 Å². The van der Waals surface area contributed by atoms with Gasteiger partial charge in [-0.05, 0) is 44.0 Å². The molecule has 0 unspecified atom stereocenters. The molecule has 0 aliphatic rings. The molecule has 1 amide bonds. The van der Waals surface area contributed by atoms with Crippen LogP contribution >= 0.6 is 0 Å². The van der Waals surface area contributed by atoms with Crippen LogP contribution < -0.4 is 10.6 Å². The zero-order chi connectivity index (χ0) is 16.8. The fourth-order valence-electron chi connectivity index (χ4n) is 2.07. The van der Waals surface area contributed by atoms with Crippen LogP contribution in [0.15, 0.2) is 24.3 Å². The van der Waals surface area contributed by atoms with Crippen LogP contribution in [0.2, 0.25) is 0 Å². The molecular formula is C17H22N4O2. The minimum atomic E-state index is -0.240. The van der Waals surface area contributed by atoms with Gasteiger partial charge in [-0.2, -0.15) is 0 Å². The summed E-state index contributed by atoms with van der Waals surface area (Å²) < 4.78 is 4.92. The van der Waals surface area contributed by atoms with Crippen molar-refractivity contribution in [3.63, 3.8) is 0 Å². The number of rotatable bonds is 6. The van der Waals surface area contributed by atoms with Gasteiger partial charge in [-0.3, -0.25) is 4.79 Å². The van der Waals surface area contributed by atoms with Gasteiger partial charge >= 0.3 is 0 Å². The third-order valence-electron chi connectivity index (χ3n) is 3.44. The first kappa shape index (κ1) is 16.9. The van der Waals surface area contributed by atoms with Crippen LogP contribution in [-0.2, 0) is 4.74 Å². The number of aryl methyl sites for hydroxylation is 3. The monoisotopic (exact) mass is 314 g/mol. The molecule has 1 heterocycles. The number of amides is 1. The molecule has 0 atom stereocenters. The Labute approximate surface area is 136 Å². The second kappa shape index (κ2) is 7.69. The Morgan fingerprint density at radius 3 is 2.61 bits per heavy atom. The summed E-state index contributed by atoms with van der Waals surface area (Å²) in [6, 6.07) is 7.72. The summed E-state index contributed by atoms with van der Waals surface area (Å²) in [4.78, 5) is 20.6. The van der Waals surface area contributed by atoms with E-state index in [1.54, 1.807) is 20.1 Å². The van der Waals surface area contributed by atoms with E-state index in [1.807, 2.05) is 18.2 Å². The molecule has 0 aliphatic heterocycles. The molecule has 0 fully saturated rings. The number of hydrogen-bond acceptors (Lipinski definition) is 5. The predicted molar refractivity (Wildman–Crippen MR) is 90.2 cm³/mol. The van der Waals surface area contributed by atoms with Crippen molar-refractivity contribution in [2.24, 2.45) is 0 Å². The van der Waals surface area contributed by atoms with Crippen molar-refractivity contribution in [3.05, 3.63) is 46.9 Å². The Balaban J connectivity index is 2.16. The molecule has 6 heteroatoms. The lowest BCUT2D eigenvalue weighted by atomic mass is 10.1. The quantitative estimate of drug-likeness (QED) is 0.801. The maximum absolute atomic E-state index is 12.1. The van der Waals surface area contributed by atoms with Gasteiger partial charge in [-0.1, -0.05) is 6.07 Å². The lowest BCUT2D eigenvalue weighted by Crippen LogP contribution is -2.28. The molecule has 0 saturated heterocycles. The van der Waals surface area contributed by atoms with E-state index < -0.39 is 0 Å². The molecule has 2 aromatic rings. The maximum atomic E-state index is 12.1. The highest BCUT2D eigenvalue weighted by atomic mass is 16.5. The molecule has 1 aromatic heterocycles. The van der Waals surface area contributed by atoms with Crippen molar-refractivity contribution in [1.82, 2.24) is 15.3 Å². The molecule has 23 heavy (non-hydrogen) atoms. The number of benzene rings is 1. The number of hydrogen-bond donors (Lipinski definition) is 2. The van der Waals surface area contributed by atoms with Gasteiger partial charge < -0.3 is 15.4 Å². The van der Waals surface area contributed by atoms with Gasteiger partial charge in [0.1, 0.15) is 17.3 Å². The van der Waals surface area contributed by atoms with Gasteiger partial charge in [-0.25, -0.2) is 9.97 Å². The lowest BCUT2D eigenvalue weighted by Gasteiger charge is -2.10. The average molecular weight is 314 g/mol. The molecule has 0 bridgehead atoms. The maximum Gasteiger partial charge on any atom is 0.270 e. The Kier molecular flexibility index (Phi) is 5.65. The van der Waals surface area contributed by atoms with Crippen molar-refractivity contribution in [2.75, 3.05) is 25.6 Å². The van der Waals surface area contributed by atoms with E-state index in [2.05, 4.69) is 34.4 Å². The summed E-state index contributed by atoms with van der Waals surface area (Å²) in [7, 11) is 1.59. The van der Waals surface area contributed by atoms with E-state index in [-0.39, 0.29) is 5.91 Å². The first-order chi connectivity index (χ1) is 11.0. The number of methoxy groups -OCH3 is 1. The number of nitrogens with one attached hydrogen (secondary N) is 2. The van der Waals surface area contributed by atoms with Crippen LogP contribution in [0.4, 0.5) is 11.5 Å². The molecule has 0 saturated carbocycles. The molecular weight excluding hydrogens is 292 g/mol. The van der Waals surface area contributed by atoms with Crippen LogP contribution in [-0.4, -0.2) is 36.1 Å². The molecule has 122 valence electrons. The SMILES string of the molecule is COCCNC(=O)c1cc(Nc2ccc(C)c(C)c2)nc(C)n1. The van der Waals surface area contributed by atoms with E-state index in [4.69, 9.17) is 4.74 Å². The molecule has 2 rings (SSSR count). The van der Waals surface area contributed by atoms with Gasteiger partial charge in [-0.15, -0.1) is 0 Å². The van der Waals surface area contributed by atoms with Gasteiger partial charge in [0.25, 0.3) is 5.91 Å². The Hall–Kier alpha value is -2.47. The second-order valence-corrected chi connectivity index (χ2v) is 5.36. The summed E-state index contributed by atoms with van der Waals surface area (Å²) in [5, 5.41) is 5.97. The normalized spacial score (nSPS) is 10.4. The van der Waals surface area contributed by atoms with Crippen LogP contribution in [0.1, 0.15) is 27.4 Å². The topological polar surface area (TPSA) is 76.1 Å². The highest BCUT2D eigenvalue weighted by Crippen LogP contribution is 2.19. The average Bonchev–Trinajstić information content (AvgIpc) is 2.50. The van der Waals surface area contributed by atoms with Crippen LogP contribution in [0.3, 0.4) is 0 Å². The molecule has 0 aliphatic carbocycles. The smallest absolute Gasteiger partial charge is 0.270 e. The zero-order valence-corrected chi connectivity index (χ0v) is 13.9.